The molecular formula is C18H16ClNO5. The molecule has 0 spiro atoms. The molecule has 0 atom stereocenters. The van der Waals surface area contributed by atoms with E-state index in [1.54, 1.807) is 44.6 Å². The van der Waals surface area contributed by atoms with E-state index in [1.807, 2.05) is 6.07 Å². The van der Waals surface area contributed by atoms with E-state index in [2.05, 4.69) is 5.32 Å². The van der Waals surface area contributed by atoms with Crippen molar-refractivity contribution in [3.8, 4) is 23.0 Å². The first-order valence-electron chi connectivity index (χ1n) is 7.41. The zero-order chi connectivity index (χ0) is 17.8. The van der Waals surface area contributed by atoms with Crippen molar-refractivity contribution in [2.75, 3.05) is 26.3 Å². The number of benzene rings is 2. The number of nitrogens with one attached hydrogen (secondary N) is 1. The quantitative estimate of drug-likeness (QED) is 0.822. The monoisotopic (exact) mass is 361 g/mol. The zero-order valence-corrected chi connectivity index (χ0v) is 14.4. The highest BCUT2D eigenvalue weighted by Crippen LogP contribution is 2.39. The average molecular weight is 362 g/mol. The molecular weight excluding hydrogens is 346 g/mol. The molecule has 0 saturated carbocycles. The highest BCUT2D eigenvalue weighted by Gasteiger charge is 2.17. The minimum absolute atomic E-state index is 0.141. The lowest BCUT2D eigenvalue weighted by Gasteiger charge is -2.08. The largest absolute Gasteiger partial charge is 0.493 e. The molecule has 7 heteroatoms. The fraction of sp³-hybridized carbons (Fsp3) is 0.167. The van der Waals surface area contributed by atoms with Crippen LogP contribution in [0.2, 0.25) is 5.02 Å². The van der Waals surface area contributed by atoms with Crippen LogP contribution in [-0.4, -0.2) is 26.9 Å². The maximum absolute atomic E-state index is 12.1. The molecule has 2 aromatic rings. The number of fused-ring (bicyclic) bond motifs is 1. The molecule has 0 aliphatic carbocycles. The standard InChI is InChI=1S/C18H16ClNO5/c1-22-14-5-3-11(7-15(14)23-2)4-6-18(21)20-13-9-17-16(8-12(13)19)24-10-25-17/h3-9H,10H2,1-2H3,(H,20,21)/b6-4+. The van der Waals surface area contributed by atoms with Gasteiger partial charge in [0, 0.05) is 18.2 Å². The third kappa shape index (κ3) is 3.80. The Morgan fingerprint density at radius 3 is 2.56 bits per heavy atom. The van der Waals surface area contributed by atoms with Crippen molar-refractivity contribution in [1.82, 2.24) is 0 Å². The summed E-state index contributed by atoms with van der Waals surface area (Å²) >= 11 is 6.14. The molecule has 2 aromatic carbocycles. The third-order valence-electron chi connectivity index (χ3n) is 3.55. The van der Waals surface area contributed by atoms with Crippen LogP contribution in [0.4, 0.5) is 5.69 Å². The Labute approximate surface area is 149 Å². The Morgan fingerprint density at radius 2 is 1.84 bits per heavy atom. The van der Waals surface area contributed by atoms with Gasteiger partial charge in [0.05, 0.1) is 24.9 Å². The fourth-order valence-electron chi connectivity index (χ4n) is 2.32. The van der Waals surface area contributed by atoms with Gasteiger partial charge >= 0.3 is 0 Å². The van der Waals surface area contributed by atoms with Crippen LogP contribution in [0.15, 0.2) is 36.4 Å². The molecule has 6 nitrogen and oxygen atoms in total. The zero-order valence-electron chi connectivity index (χ0n) is 13.7. The maximum Gasteiger partial charge on any atom is 0.248 e. The normalized spacial score (nSPS) is 12.3. The Balaban J connectivity index is 1.71. The summed E-state index contributed by atoms with van der Waals surface area (Å²) < 4.78 is 20.9. The molecule has 1 N–H and O–H groups in total. The fourth-order valence-corrected chi connectivity index (χ4v) is 2.52. The number of carbonyl (C=O) groups is 1. The molecule has 0 saturated heterocycles. The van der Waals surface area contributed by atoms with Gasteiger partial charge in [0.2, 0.25) is 12.7 Å². The van der Waals surface area contributed by atoms with Crippen molar-refractivity contribution in [3.05, 3.63) is 47.0 Å². The van der Waals surface area contributed by atoms with Crippen molar-refractivity contribution in [2.45, 2.75) is 0 Å². The molecule has 0 bridgehead atoms. The van der Waals surface area contributed by atoms with Crippen molar-refractivity contribution < 1.29 is 23.7 Å². The molecule has 1 heterocycles. The second-order valence-electron chi connectivity index (χ2n) is 5.12. The van der Waals surface area contributed by atoms with Gasteiger partial charge in [0.15, 0.2) is 23.0 Å². The molecule has 3 rings (SSSR count). The molecule has 25 heavy (non-hydrogen) atoms. The maximum atomic E-state index is 12.1. The van der Waals surface area contributed by atoms with Gasteiger partial charge in [-0.25, -0.2) is 0 Å². The number of halogens is 1. The number of ether oxygens (including phenoxy) is 4. The topological polar surface area (TPSA) is 66.0 Å². The van der Waals surface area contributed by atoms with Crippen LogP contribution >= 0.6 is 11.6 Å². The number of anilines is 1. The van der Waals surface area contributed by atoms with Crippen LogP contribution in [-0.2, 0) is 4.79 Å². The lowest BCUT2D eigenvalue weighted by atomic mass is 10.2. The van der Waals surface area contributed by atoms with Gasteiger partial charge in [-0.15, -0.1) is 0 Å². The van der Waals surface area contributed by atoms with Gasteiger partial charge in [-0.1, -0.05) is 17.7 Å². The van der Waals surface area contributed by atoms with Crippen LogP contribution in [0.25, 0.3) is 6.08 Å². The van der Waals surface area contributed by atoms with Gasteiger partial charge < -0.3 is 24.3 Å². The Morgan fingerprint density at radius 1 is 1.12 bits per heavy atom. The summed E-state index contributed by atoms with van der Waals surface area (Å²) in [4.78, 5) is 12.1. The Bertz CT molecular complexity index is 834. The summed E-state index contributed by atoms with van der Waals surface area (Å²) in [7, 11) is 3.12. The van der Waals surface area contributed by atoms with Crippen LogP contribution < -0.4 is 24.3 Å². The minimum atomic E-state index is -0.324. The molecule has 1 amide bonds. The van der Waals surface area contributed by atoms with Crippen molar-refractivity contribution in [1.29, 1.82) is 0 Å². The summed E-state index contributed by atoms with van der Waals surface area (Å²) in [6.45, 7) is 0.141. The van der Waals surface area contributed by atoms with Gasteiger partial charge in [0.25, 0.3) is 0 Å². The van der Waals surface area contributed by atoms with E-state index in [4.69, 9.17) is 30.5 Å². The van der Waals surface area contributed by atoms with Crippen LogP contribution in [0.3, 0.4) is 0 Å². The van der Waals surface area contributed by atoms with Crippen LogP contribution in [0.1, 0.15) is 5.56 Å². The van der Waals surface area contributed by atoms with Crippen molar-refractivity contribution in [3.63, 3.8) is 0 Å². The summed E-state index contributed by atoms with van der Waals surface area (Å²) in [5.41, 5.74) is 1.25. The molecule has 1 aliphatic heterocycles. The smallest absolute Gasteiger partial charge is 0.248 e. The Kier molecular flexibility index (Phi) is 5.00. The lowest BCUT2D eigenvalue weighted by Crippen LogP contribution is -2.08. The second-order valence-corrected chi connectivity index (χ2v) is 5.53. The number of rotatable bonds is 5. The molecule has 0 unspecified atom stereocenters. The molecule has 0 fully saturated rings. The lowest BCUT2D eigenvalue weighted by molar-refractivity contribution is -0.111. The number of hydrogen-bond acceptors (Lipinski definition) is 5. The summed E-state index contributed by atoms with van der Waals surface area (Å²) in [5.74, 6) is 1.99. The molecule has 0 radical (unpaired) electrons. The van der Waals surface area contributed by atoms with Gasteiger partial charge in [0.1, 0.15) is 0 Å². The predicted octanol–water partition coefficient (Wildman–Crippen LogP) is 3.74. The van der Waals surface area contributed by atoms with Crippen LogP contribution in [0, 0.1) is 0 Å². The van der Waals surface area contributed by atoms with Crippen molar-refractivity contribution >= 4 is 29.3 Å². The molecule has 130 valence electrons. The predicted molar refractivity (Wildman–Crippen MR) is 94.8 cm³/mol. The van der Waals surface area contributed by atoms with E-state index in [9.17, 15) is 4.79 Å². The SMILES string of the molecule is COc1ccc(/C=C/C(=O)Nc2cc3c(cc2Cl)OCO3)cc1OC. The average Bonchev–Trinajstić information content (AvgIpc) is 3.07. The number of carbonyl (C=O) groups excluding carboxylic acids is 1. The Hall–Kier alpha value is -2.86. The minimum Gasteiger partial charge on any atom is -0.493 e. The number of amides is 1. The van der Waals surface area contributed by atoms with Gasteiger partial charge in [-0.2, -0.15) is 0 Å². The van der Waals surface area contributed by atoms with Crippen molar-refractivity contribution in [2.24, 2.45) is 0 Å². The number of hydrogen-bond donors (Lipinski definition) is 1. The van der Waals surface area contributed by atoms with E-state index in [-0.39, 0.29) is 12.7 Å². The van der Waals surface area contributed by atoms with Gasteiger partial charge in [-0.3, -0.25) is 4.79 Å². The van der Waals surface area contributed by atoms with E-state index in [0.29, 0.717) is 33.7 Å². The molecule has 1 aliphatic rings. The second kappa shape index (κ2) is 7.36. The van der Waals surface area contributed by atoms with Crippen LogP contribution in [0.5, 0.6) is 23.0 Å². The van der Waals surface area contributed by atoms with E-state index >= 15 is 0 Å². The first-order chi connectivity index (χ1) is 12.1. The summed E-state index contributed by atoms with van der Waals surface area (Å²) in [6, 6.07) is 8.60. The van der Waals surface area contributed by atoms with E-state index < -0.39 is 0 Å². The summed E-state index contributed by atoms with van der Waals surface area (Å²) in [6.07, 6.45) is 3.07. The molecule has 0 aromatic heterocycles. The van der Waals surface area contributed by atoms with E-state index in [1.165, 1.54) is 6.08 Å². The third-order valence-corrected chi connectivity index (χ3v) is 3.87. The number of methoxy groups -OCH3 is 2. The van der Waals surface area contributed by atoms with E-state index in [0.717, 1.165) is 5.56 Å². The highest BCUT2D eigenvalue weighted by atomic mass is 35.5. The highest BCUT2D eigenvalue weighted by molar-refractivity contribution is 6.34. The first kappa shape index (κ1) is 17.0. The summed E-state index contributed by atoms with van der Waals surface area (Å²) in [5, 5.41) is 3.08. The first-order valence-corrected chi connectivity index (χ1v) is 7.78. The van der Waals surface area contributed by atoms with Gasteiger partial charge in [-0.05, 0) is 23.8 Å².